The fourth-order valence-electron chi connectivity index (χ4n) is 4.30. The minimum absolute atomic E-state index is 0.204. The largest absolute Gasteiger partial charge is 0.493 e. The Morgan fingerprint density at radius 3 is 2.81 bits per heavy atom. The van der Waals surface area contributed by atoms with E-state index in [1.165, 1.54) is 18.2 Å². The second-order valence-corrected chi connectivity index (χ2v) is 9.03. The lowest BCUT2D eigenvalue weighted by molar-refractivity contribution is -0.118. The van der Waals surface area contributed by atoms with Gasteiger partial charge in [-0.2, -0.15) is 0 Å². The topological polar surface area (TPSA) is 67.4 Å². The van der Waals surface area contributed by atoms with Crippen LogP contribution in [0.15, 0.2) is 59.1 Å². The zero-order chi connectivity index (χ0) is 22.4. The molecule has 0 radical (unpaired) electrons. The summed E-state index contributed by atoms with van der Waals surface area (Å²) in [6.45, 7) is 0.438. The van der Waals surface area contributed by atoms with Crippen molar-refractivity contribution in [1.82, 2.24) is 5.32 Å². The van der Waals surface area contributed by atoms with E-state index in [-0.39, 0.29) is 11.8 Å². The number of carbonyl (C=O) groups excluding carboxylic acids is 2. The third-order valence-electron chi connectivity index (χ3n) is 5.76. The van der Waals surface area contributed by atoms with Gasteiger partial charge in [-0.05, 0) is 42.8 Å². The molecule has 2 heterocycles. The van der Waals surface area contributed by atoms with Crippen LogP contribution in [-0.2, 0) is 4.79 Å². The Labute approximate surface area is 197 Å². The summed E-state index contributed by atoms with van der Waals surface area (Å²) in [4.78, 5) is 26.0. The molecule has 2 N–H and O–H groups in total. The second-order valence-electron chi connectivity index (χ2n) is 7.70. The van der Waals surface area contributed by atoms with Crippen molar-refractivity contribution in [3.63, 3.8) is 0 Å². The monoisotopic (exact) mass is 514 g/mol. The summed E-state index contributed by atoms with van der Waals surface area (Å²) in [6, 6.07) is 14.2. The molecule has 0 aromatic heterocycles. The van der Waals surface area contributed by atoms with Crippen molar-refractivity contribution in [3.05, 3.63) is 92.2 Å². The van der Waals surface area contributed by atoms with Crippen LogP contribution in [0.2, 0.25) is 5.02 Å². The maximum atomic E-state index is 14.0. The lowest BCUT2D eigenvalue weighted by Gasteiger charge is -2.26. The van der Waals surface area contributed by atoms with Crippen LogP contribution >= 0.6 is 27.5 Å². The molecular formula is C24H17BrClFN2O3. The first kappa shape index (κ1) is 21.0. The highest BCUT2D eigenvalue weighted by Crippen LogP contribution is 2.42. The molecule has 0 saturated carbocycles. The van der Waals surface area contributed by atoms with Gasteiger partial charge in [-0.25, -0.2) is 4.39 Å². The number of halogens is 3. The molecule has 5 rings (SSSR count). The number of benzene rings is 3. The lowest BCUT2D eigenvalue weighted by Crippen LogP contribution is -2.27. The molecule has 2 unspecified atom stereocenters. The van der Waals surface area contributed by atoms with E-state index in [9.17, 15) is 14.0 Å². The molecule has 3 aromatic carbocycles. The van der Waals surface area contributed by atoms with Crippen LogP contribution in [0.3, 0.4) is 0 Å². The minimum atomic E-state index is -0.689. The van der Waals surface area contributed by atoms with Gasteiger partial charge in [0.25, 0.3) is 5.91 Å². The van der Waals surface area contributed by atoms with E-state index >= 15 is 0 Å². The van der Waals surface area contributed by atoms with Crippen LogP contribution < -0.4 is 15.4 Å². The summed E-state index contributed by atoms with van der Waals surface area (Å²) in [7, 11) is 0. The van der Waals surface area contributed by atoms with Crippen molar-refractivity contribution in [2.75, 3.05) is 11.9 Å². The molecule has 162 valence electrons. The lowest BCUT2D eigenvalue weighted by atomic mass is 9.91. The maximum Gasteiger partial charge on any atom is 0.252 e. The summed E-state index contributed by atoms with van der Waals surface area (Å²) in [5.41, 5.74) is 2.66. The maximum absolute atomic E-state index is 14.0. The number of rotatable bonds is 3. The molecule has 2 atom stereocenters. The highest BCUT2D eigenvalue weighted by Gasteiger charge is 2.36. The van der Waals surface area contributed by atoms with Crippen LogP contribution in [0.1, 0.15) is 45.4 Å². The molecule has 0 saturated heterocycles. The number of hydrogen-bond acceptors (Lipinski definition) is 3. The minimum Gasteiger partial charge on any atom is -0.493 e. The van der Waals surface area contributed by atoms with E-state index in [4.69, 9.17) is 16.3 Å². The van der Waals surface area contributed by atoms with Gasteiger partial charge in [-0.1, -0.05) is 45.7 Å². The quantitative estimate of drug-likeness (QED) is 0.479. The van der Waals surface area contributed by atoms with Crippen molar-refractivity contribution in [2.24, 2.45) is 0 Å². The van der Waals surface area contributed by atoms with Gasteiger partial charge < -0.3 is 15.4 Å². The van der Waals surface area contributed by atoms with Crippen molar-refractivity contribution >= 4 is 45.0 Å². The molecule has 2 amide bonds. The van der Waals surface area contributed by atoms with Crippen molar-refractivity contribution < 1.29 is 18.7 Å². The Morgan fingerprint density at radius 1 is 1.16 bits per heavy atom. The first-order valence-corrected chi connectivity index (χ1v) is 11.2. The molecule has 2 aliphatic rings. The zero-order valence-corrected chi connectivity index (χ0v) is 19.0. The van der Waals surface area contributed by atoms with E-state index < -0.39 is 17.8 Å². The highest BCUT2D eigenvalue weighted by atomic mass is 79.9. The number of hydrogen-bond donors (Lipinski definition) is 2. The SMILES string of the molecule is O=C1NC(c2cc(F)ccc2Cl)c2c(NC(=O)C3CCOc4ccccc43)cc(Br)cc21. The van der Waals surface area contributed by atoms with Gasteiger partial charge >= 0.3 is 0 Å². The smallest absolute Gasteiger partial charge is 0.252 e. The number of fused-ring (bicyclic) bond motifs is 2. The Kier molecular flexibility index (Phi) is 5.39. The van der Waals surface area contributed by atoms with Crippen LogP contribution in [0.4, 0.5) is 10.1 Å². The first-order valence-electron chi connectivity index (χ1n) is 10.0. The molecule has 3 aromatic rings. The van der Waals surface area contributed by atoms with E-state index in [0.717, 1.165) is 5.56 Å². The van der Waals surface area contributed by atoms with Crippen molar-refractivity contribution in [3.8, 4) is 5.75 Å². The van der Waals surface area contributed by atoms with Crippen LogP contribution in [0.5, 0.6) is 5.75 Å². The molecular weight excluding hydrogens is 499 g/mol. The molecule has 8 heteroatoms. The fraction of sp³-hybridized carbons (Fsp3) is 0.167. The summed E-state index contributed by atoms with van der Waals surface area (Å²) in [6.07, 6.45) is 0.537. The number of amides is 2. The summed E-state index contributed by atoms with van der Waals surface area (Å²) >= 11 is 9.75. The Bertz CT molecular complexity index is 1270. The average molecular weight is 516 g/mol. The summed E-state index contributed by atoms with van der Waals surface area (Å²) < 4.78 is 20.3. The van der Waals surface area contributed by atoms with E-state index in [1.54, 1.807) is 12.1 Å². The van der Waals surface area contributed by atoms with Gasteiger partial charge in [0.05, 0.1) is 18.6 Å². The van der Waals surface area contributed by atoms with Crippen LogP contribution in [-0.4, -0.2) is 18.4 Å². The van der Waals surface area contributed by atoms with Gasteiger partial charge in [0.15, 0.2) is 0 Å². The van der Waals surface area contributed by atoms with Gasteiger partial charge in [0.2, 0.25) is 5.91 Å². The number of carbonyl (C=O) groups is 2. The number of anilines is 1. The van der Waals surface area contributed by atoms with Crippen LogP contribution in [0.25, 0.3) is 0 Å². The average Bonchev–Trinajstić information content (AvgIpc) is 3.11. The van der Waals surface area contributed by atoms with Crippen molar-refractivity contribution in [2.45, 2.75) is 18.4 Å². The molecule has 0 spiro atoms. The first-order chi connectivity index (χ1) is 15.4. The number of para-hydroxylation sites is 1. The van der Waals surface area contributed by atoms with Crippen LogP contribution in [0, 0.1) is 5.82 Å². The zero-order valence-electron chi connectivity index (χ0n) is 16.6. The van der Waals surface area contributed by atoms with E-state index in [0.29, 0.717) is 50.7 Å². The standard InChI is InChI=1S/C24H17BrClFN2O3/c25-12-9-17-21(22(29-24(17)31)16-11-13(27)5-6-18(16)26)19(10-12)28-23(30)15-7-8-32-20-4-2-1-3-14(15)20/h1-6,9-11,15,22H,7-8H2,(H,28,30)(H,29,31). The normalized spacial score (nSPS) is 18.9. The van der Waals surface area contributed by atoms with Gasteiger partial charge in [0.1, 0.15) is 11.6 Å². The molecule has 0 bridgehead atoms. The second kappa shape index (κ2) is 8.22. The highest BCUT2D eigenvalue weighted by molar-refractivity contribution is 9.10. The number of ether oxygens (including phenoxy) is 1. The molecule has 0 fully saturated rings. The molecule has 32 heavy (non-hydrogen) atoms. The van der Waals surface area contributed by atoms with E-state index in [2.05, 4.69) is 26.6 Å². The summed E-state index contributed by atoms with van der Waals surface area (Å²) in [5, 5.41) is 6.17. The molecule has 5 nitrogen and oxygen atoms in total. The van der Waals surface area contributed by atoms with Gasteiger partial charge in [-0.15, -0.1) is 0 Å². The van der Waals surface area contributed by atoms with Crippen molar-refractivity contribution in [1.29, 1.82) is 0 Å². The Hall–Kier alpha value is -2.90. The van der Waals surface area contributed by atoms with Gasteiger partial charge in [-0.3, -0.25) is 9.59 Å². The fourth-order valence-corrected chi connectivity index (χ4v) is 4.99. The summed E-state index contributed by atoms with van der Waals surface area (Å²) in [5.74, 6) is -0.688. The third-order valence-corrected chi connectivity index (χ3v) is 6.56. The predicted octanol–water partition coefficient (Wildman–Crippen LogP) is 5.58. The van der Waals surface area contributed by atoms with Gasteiger partial charge in [0, 0.05) is 37.4 Å². The Balaban J connectivity index is 1.55. The number of nitrogens with one attached hydrogen (secondary N) is 2. The molecule has 0 aliphatic carbocycles. The molecule has 2 aliphatic heterocycles. The van der Waals surface area contributed by atoms with E-state index in [1.807, 2.05) is 24.3 Å². The Morgan fingerprint density at radius 2 is 1.97 bits per heavy atom. The third kappa shape index (κ3) is 3.65. The predicted molar refractivity (Wildman–Crippen MR) is 123 cm³/mol.